The molecular weight excluding hydrogens is 266 g/mol. The van der Waals surface area contributed by atoms with Crippen LogP contribution < -0.4 is 5.56 Å². The first-order valence-corrected chi connectivity index (χ1v) is 6.51. The van der Waals surface area contributed by atoms with E-state index in [1.807, 2.05) is 19.0 Å². The monoisotopic (exact) mass is 281 g/mol. The number of H-pyrrole nitrogens is 1. The molecule has 0 saturated carbocycles. The van der Waals surface area contributed by atoms with Gasteiger partial charge in [-0.1, -0.05) is 0 Å². The molecule has 1 N–H and O–H groups in total. The quantitative estimate of drug-likeness (QED) is 0.854. The smallest absolute Gasteiger partial charge is 0.348 e. The predicted molar refractivity (Wildman–Crippen MR) is 73.7 cm³/mol. The van der Waals surface area contributed by atoms with Gasteiger partial charge in [0.1, 0.15) is 15.5 Å². The number of thiophene rings is 1. The molecule has 0 aliphatic carbocycles. The Morgan fingerprint density at radius 3 is 2.74 bits per heavy atom. The number of rotatable bonds is 3. The molecule has 0 saturated heterocycles. The highest BCUT2D eigenvalue weighted by Crippen LogP contribution is 2.27. The lowest BCUT2D eigenvalue weighted by atomic mass is 10.2. The molecule has 0 amide bonds. The number of carbonyl (C=O) groups is 1. The van der Waals surface area contributed by atoms with Crippen molar-refractivity contribution in [1.29, 1.82) is 0 Å². The summed E-state index contributed by atoms with van der Waals surface area (Å²) in [5.74, 6) is 0.147. The van der Waals surface area contributed by atoms with E-state index in [0.29, 0.717) is 33.0 Å². The van der Waals surface area contributed by atoms with Crippen LogP contribution in [0.2, 0.25) is 0 Å². The van der Waals surface area contributed by atoms with Crippen molar-refractivity contribution < 1.29 is 9.53 Å². The molecule has 0 atom stereocenters. The van der Waals surface area contributed by atoms with Gasteiger partial charge in [-0.15, -0.1) is 11.3 Å². The second-order valence-corrected chi connectivity index (χ2v) is 5.48. The Labute approximate surface area is 114 Å². The molecule has 19 heavy (non-hydrogen) atoms. The number of nitrogens with zero attached hydrogens (tertiary/aromatic N) is 2. The van der Waals surface area contributed by atoms with Crippen molar-refractivity contribution in [3.05, 3.63) is 26.6 Å². The number of aromatic nitrogens is 2. The molecular formula is C12H15N3O3S. The molecule has 6 nitrogen and oxygen atoms in total. The normalized spacial score (nSPS) is 11.2. The third-order valence-electron chi connectivity index (χ3n) is 2.69. The van der Waals surface area contributed by atoms with E-state index in [9.17, 15) is 9.59 Å². The molecule has 2 rings (SSSR count). The SMILES string of the molecule is COC(=O)c1sc2nc(CN(C)C)[nH]c(=O)c2c1C. The zero-order valence-corrected chi connectivity index (χ0v) is 12.1. The average molecular weight is 281 g/mol. The number of hydrogen-bond acceptors (Lipinski definition) is 6. The van der Waals surface area contributed by atoms with Crippen LogP contribution in [0.5, 0.6) is 0 Å². The molecule has 0 unspecified atom stereocenters. The van der Waals surface area contributed by atoms with E-state index in [1.165, 1.54) is 18.4 Å². The van der Waals surface area contributed by atoms with Gasteiger partial charge in [-0.2, -0.15) is 0 Å². The highest BCUT2D eigenvalue weighted by molar-refractivity contribution is 7.20. The molecule has 0 spiro atoms. The maximum atomic E-state index is 12.1. The zero-order chi connectivity index (χ0) is 14.2. The molecule has 0 aliphatic rings. The van der Waals surface area contributed by atoms with Gasteiger partial charge in [-0.25, -0.2) is 9.78 Å². The van der Waals surface area contributed by atoms with Gasteiger partial charge in [0.05, 0.1) is 19.0 Å². The minimum atomic E-state index is -0.436. The third-order valence-corrected chi connectivity index (χ3v) is 3.85. The van der Waals surface area contributed by atoms with E-state index >= 15 is 0 Å². The summed E-state index contributed by atoms with van der Waals surface area (Å²) in [4.78, 5) is 33.7. The van der Waals surface area contributed by atoms with Crippen molar-refractivity contribution in [3.63, 3.8) is 0 Å². The number of fused-ring (bicyclic) bond motifs is 1. The number of aromatic amines is 1. The minimum absolute atomic E-state index is 0.217. The highest BCUT2D eigenvalue weighted by atomic mass is 32.1. The largest absolute Gasteiger partial charge is 0.465 e. The Hall–Kier alpha value is -1.73. The molecule has 0 bridgehead atoms. The van der Waals surface area contributed by atoms with Crippen molar-refractivity contribution in [3.8, 4) is 0 Å². The van der Waals surface area contributed by atoms with Crippen LogP contribution in [-0.4, -0.2) is 42.0 Å². The molecule has 2 heterocycles. The summed E-state index contributed by atoms with van der Waals surface area (Å²) in [6.07, 6.45) is 0. The van der Waals surface area contributed by atoms with E-state index in [-0.39, 0.29) is 5.56 Å². The first kappa shape index (κ1) is 13.7. The van der Waals surface area contributed by atoms with Crippen LogP contribution in [0, 0.1) is 6.92 Å². The first-order chi connectivity index (χ1) is 8.93. The summed E-state index contributed by atoms with van der Waals surface area (Å²) < 4.78 is 4.70. The van der Waals surface area contributed by atoms with Gasteiger partial charge in [0, 0.05) is 0 Å². The second-order valence-electron chi connectivity index (χ2n) is 4.48. The van der Waals surface area contributed by atoms with Gasteiger partial charge < -0.3 is 14.6 Å². The Bertz CT molecular complexity index is 687. The van der Waals surface area contributed by atoms with Crippen molar-refractivity contribution in [2.24, 2.45) is 0 Å². The molecule has 0 radical (unpaired) electrons. The summed E-state index contributed by atoms with van der Waals surface area (Å²) in [5, 5.41) is 0.466. The van der Waals surface area contributed by atoms with Gasteiger partial charge >= 0.3 is 5.97 Å². The van der Waals surface area contributed by atoms with Crippen LogP contribution in [0.25, 0.3) is 10.2 Å². The molecule has 0 aromatic carbocycles. The van der Waals surface area contributed by atoms with Gasteiger partial charge in [-0.3, -0.25) is 4.79 Å². The predicted octanol–water partition coefficient (Wildman–Crippen LogP) is 1.14. The fraction of sp³-hybridized carbons (Fsp3) is 0.417. The number of esters is 1. The third kappa shape index (κ3) is 2.52. The molecule has 2 aromatic rings. The van der Waals surface area contributed by atoms with E-state index in [0.717, 1.165) is 0 Å². The summed E-state index contributed by atoms with van der Waals surface area (Å²) in [6, 6.07) is 0. The average Bonchev–Trinajstić information content (AvgIpc) is 2.65. The Kier molecular flexibility index (Phi) is 3.68. The summed E-state index contributed by atoms with van der Waals surface area (Å²) in [6.45, 7) is 2.27. The number of aryl methyl sites for hydroxylation is 1. The summed E-state index contributed by atoms with van der Waals surface area (Å²) >= 11 is 1.19. The zero-order valence-electron chi connectivity index (χ0n) is 11.2. The number of methoxy groups -OCH3 is 1. The van der Waals surface area contributed by atoms with Crippen LogP contribution >= 0.6 is 11.3 Å². The van der Waals surface area contributed by atoms with Crippen molar-refractivity contribution in [2.75, 3.05) is 21.2 Å². The topological polar surface area (TPSA) is 75.3 Å². The van der Waals surface area contributed by atoms with Crippen molar-refractivity contribution >= 4 is 27.5 Å². The van der Waals surface area contributed by atoms with Gasteiger partial charge in [0.25, 0.3) is 5.56 Å². The Morgan fingerprint density at radius 1 is 1.47 bits per heavy atom. The number of nitrogens with one attached hydrogen (secondary N) is 1. The maximum Gasteiger partial charge on any atom is 0.348 e. The fourth-order valence-corrected chi connectivity index (χ4v) is 2.97. The molecule has 102 valence electrons. The van der Waals surface area contributed by atoms with Crippen molar-refractivity contribution in [2.45, 2.75) is 13.5 Å². The maximum absolute atomic E-state index is 12.1. The van der Waals surface area contributed by atoms with Crippen LogP contribution in [0.15, 0.2) is 4.79 Å². The fourth-order valence-electron chi connectivity index (χ4n) is 1.85. The lowest BCUT2D eigenvalue weighted by Crippen LogP contribution is -2.18. The van der Waals surface area contributed by atoms with Crippen molar-refractivity contribution in [1.82, 2.24) is 14.9 Å². The van der Waals surface area contributed by atoms with Crippen LogP contribution in [0.3, 0.4) is 0 Å². The first-order valence-electron chi connectivity index (χ1n) is 5.69. The van der Waals surface area contributed by atoms with E-state index in [1.54, 1.807) is 6.92 Å². The molecule has 7 heteroatoms. The van der Waals surface area contributed by atoms with Gasteiger partial charge in [0.15, 0.2) is 0 Å². The highest BCUT2D eigenvalue weighted by Gasteiger charge is 2.19. The minimum Gasteiger partial charge on any atom is -0.465 e. The lowest BCUT2D eigenvalue weighted by molar-refractivity contribution is 0.0605. The summed E-state index contributed by atoms with van der Waals surface area (Å²) in [5.41, 5.74) is 0.405. The van der Waals surface area contributed by atoms with Crippen LogP contribution in [-0.2, 0) is 11.3 Å². The molecule has 0 aliphatic heterocycles. The second kappa shape index (κ2) is 5.10. The Morgan fingerprint density at radius 2 is 2.16 bits per heavy atom. The van der Waals surface area contributed by atoms with E-state index in [4.69, 9.17) is 4.74 Å². The standard InChI is InChI=1S/C12H15N3O3S/c1-6-8-10(16)13-7(5-15(2)3)14-11(8)19-9(6)12(17)18-4/h5H2,1-4H3,(H,13,14,16). The summed E-state index contributed by atoms with van der Waals surface area (Å²) in [7, 11) is 5.11. The van der Waals surface area contributed by atoms with E-state index < -0.39 is 5.97 Å². The van der Waals surface area contributed by atoms with Gasteiger partial charge in [-0.05, 0) is 26.6 Å². The molecule has 2 aromatic heterocycles. The van der Waals surface area contributed by atoms with Crippen LogP contribution in [0.4, 0.5) is 0 Å². The van der Waals surface area contributed by atoms with Crippen LogP contribution in [0.1, 0.15) is 21.1 Å². The van der Waals surface area contributed by atoms with E-state index in [2.05, 4.69) is 9.97 Å². The van der Waals surface area contributed by atoms with Gasteiger partial charge in [0.2, 0.25) is 0 Å². The Balaban J connectivity index is 2.63. The lowest BCUT2D eigenvalue weighted by Gasteiger charge is -2.07. The number of hydrogen-bond donors (Lipinski definition) is 1. The molecule has 0 fully saturated rings. The number of carbonyl (C=O) groups excluding carboxylic acids is 1. The number of ether oxygens (including phenoxy) is 1.